The summed E-state index contributed by atoms with van der Waals surface area (Å²) < 4.78 is 0. The van der Waals surface area contributed by atoms with Crippen LogP contribution in [0.4, 0.5) is 4.79 Å². The molecule has 1 unspecified atom stereocenters. The summed E-state index contributed by atoms with van der Waals surface area (Å²) in [5, 5.41) is 4.13. The van der Waals surface area contributed by atoms with E-state index in [4.69, 9.17) is 5.73 Å². The summed E-state index contributed by atoms with van der Waals surface area (Å²) in [5.41, 5.74) is 7.35. The molecule has 2 heterocycles. The number of carbonyl (C=O) groups excluding carboxylic acids is 4. The van der Waals surface area contributed by atoms with Crippen molar-refractivity contribution in [2.24, 2.45) is 0 Å². The minimum atomic E-state index is -1.14. The van der Waals surface area contributed by atoms with Crippen LogP contribution in [0.5, 0.6) is 0 Å². The van der Waals surface area contributed by atoms with Crippen LogP contribution in [-0.4, -0.2) is 52.7 Å². The van der Waals surface area contributed by atoms with Gasteiger partial charge in [0.25, 0.3) is 5.91 Å². The Morgan fingerprint density at radius 2 is 1.88 bits per heavy atom. The maximum absolute atomic E-state index is 12.4. The molecule has 26 heavy (non-hydrogen) atoms. The van der Waals surface area contributed by atoms with Gasteiger partial charge in [-0.05, 0) is 24.3 Å². The first-order chi connectivity index (χ1) is 12.5. The Labute approximate surface area is 155 Å². The van der Waals surface area contributed by atoms with Gasteiger partial charge in [0.05, 0.1) is 0 Å². The highest BCUT2D eigenvalue weighted by molar-refractivity contribution is 7.10. The van der Waals surface area contributed by atoms with Crippen molar-refractivity contribution in [1.82, 2.24) is 20.9 Å². The third kappa shape index (κ3) is 3.72. The lowest BCUT2D eigenvalue weighted by Gasteiger charge is -2.39. The van der Waals surface area contributed by atoms with E-state index in [-0.39, 0.29) is 12.6 Å². The number of rotatable bonds is 4. The lowest BCUT2D eigenvalue weighted by atomic mass is 9.93. The normalized spacial score (nSPS) is 20.2. The van der Waals surface area contributed by atoms with E-state index in [1.165, 1.54) is 11.3 Å². The quantitative estimate of drug-likeness (QED) is 0.798. The van der Waals surface area contributed by atoms with Crippen LogP contribution < -0.4 is 11.1 Å². The highest BCUT2D eigenvalue weighted by Crippen LogP contribution is 2.25. The van der Waals surface area contributed by atoms with Crippen LogP contribution in [0.15, 0.2) is 17.5 Å². The molecule has 8 nitrogen and oxygen atoms in total. The van der Waals surface area contributed by atoms with Crippen LogP contribution in [0.1, 0.15) is 43.0 Å². The van der Waals surface area contributed by atoms with Crippen molar-refractivity contribution >= 4 is 35.1 Å². The number of imide groups is 1. The minimum absolute atomic E-state index is 0.0686. The van der Waals surface area contributed by atoms with E-state index < -0.39 is 29.8 Å². The molecule has 1 saturated carbocycles. The second-order valence-corrected chi connectivity index (χ2v) is 7.49. The molecule has 139 valence electrons. The fourth-order valence-electron chi connectivity index (χ4n) is 3.51. The molecule has 0 aromatic carbocycles. The first-order valence-electron chi connectivity index (χ1n) is 8.71. The van der Waals surface area contributed by atoms with Crippen molar-refractivity contribution in [2.75, 3.05) is 13.1 Å². The Hall–Kier alpha value is -2.42. The maximum atomic E-state index is 12.4. The first-order valence-corrected chi connectivity index (χ1v) is 9.59. The summed E-state index contributed by atoms with van der Waals surface area (Å²) >= 11 is 1.23. The third-order valence-corrected chi connectivity index (χ3v) is 5.81. The van der Waals surface area contributed by atoms with Gasteiger partial charge in [-0.15, -0.1) is 11.3 Å². The van der Waals surface area contributed by atoms with E-state index in [0.717, 1.165) is 37.0 Å². The number of piperazine rings is 1. The molecule has 1 aliphatic carbocycles. The molecular weight excluding hydrogens is 356 g/mol. The van der Waals surface area contributed by atoms with Gasteiger partial charge in [0.15, 0.2) is 0 Å². The molecule has 1 aliphatic heterocycles. The Bertz CT molecular complexity index is 700. The Kier molecular flexibility index (Phi) is 5.55. The first kappa shape index (κ1) is 18.4. The standard InChI is InChI=1S/C17H21N4O4S/c18-14(22)13(12-7-4-10-26-12)19-17(25)21-9-8-20(15(23)16(21)24)11-5-2-1-3-6-11/h4,7,10-11,13,18H,1-3,5-6,8-9H2,(H,19,25). The molecule has 1 atom stereocenters. The van der Waals surface area contributed by atoms with E-state index in [0.29, 0.717) is 11.4 Å². The molecule has 1 radical (unpaired) electrons. The van der Waals surface area contributed by atoms with E-state index in [2.05, 4.69) is 5.32 Å². The zero-order valence-electron chi connectivity index (χ0n) is 14.3. The number of hydrogen-bond acceptors (Lipinski definition) is 5. The molecule has 1 aromatic rings. The lowest BCUT2D eigenvalue weighted by molar-refractivity contribution is -0.156. The minimum Gasteiger partial charge on any atom is -0.330 e. The van der Waals surface area contributed by atoms with Crippen LogP contribution in [0.25, 0.3) is 0 Å². The van der Waals surface area contributed by atoms with Gasteiger partial charge in [0.2, 0.25) is 0 Å². The van der Waals surface area contributed by atoms with E-state index in [9.17, 15) is 19.2 Å². The molecule has 2 fully saturated rings. The second-order valence-electron chi connectivity index (χ2n) is 6.51. The monoisotopic (exact) mass is 377 g/mol. The highest BCUT2D eigenvalue weighted by Gasteiger charge is 2.40. The Balaban J connectivity index is 1.66. The Morgan fingerprint density at radius 1 is 1.15 bits per heavy atom. The average molecular weight is 377 g/mol. The summed E-state index contributed by atoms with van der Waals surface area (Å²) in [7, 11) is 0. The van der Waals surface area contributed by atoms with E-state index in [1.807, 2.05) is 0 Å². The molecule has 2 N–H and O–H groups in total. The molecule has 2 aliphatic rings. The van der Waals surface area contributed by atoms with Crippen LogP contribution in [0, 0.1) is 0 Å². The molecule has 3 rings (SSSR count). The van der Waals surface area contributed by atoms with Gasteiger partial charge >= 0.3 is 17.8 Å². The molecule has 0 spiro atoms. The number of hydrogen-bond donors (Lipinski definition) is 1. The molecule has 5 amide bonds. The lowest BCUT2D eigenvalue weighted by Crippen LogP contribution is -2.61. The molecule has 0 bridgehead atoms. The number of nitrogens with zero attached hydrogens (tertiary/aromatic N) is 2. The van der Waals surface area contributed by atoms with E-state index in [1.54, 1.807) is 22.4 Å². The molecule has 9 heteroatoms. The fraction of sp³-hybridized carbons (Fsp3) is 0.529. The van der Waals surface area contributed by atoms with Crippen molar-refractivity contribution in [2.45, 2.75) is 44.2 Å². The zero-order valence-corrected chi connectivity index (χ0v) is 15.1. The largest absolute Gasteiger partial charge is 0.330 e. The predicted molar refractivity (Wildman–Crippen MR) is 94.0 cm³/mol. The van der Waals surface area contributed by atoms with Crippen molar-refractivity contribution in [3.63, 3.8) is 0 Å². The SMILES string of the molecule is [NH]C(=O)C(NC(=O)N1CCN(C2CCCCC2)C(=O)C1=O)c1cccs1. The number of amides is 5. The van der Waals surface area contributed by atoms with Crippen molar-refractivity contribution < 1.29 is 19.2 Å². The van der Waals surface area contributed by atoms with Gasteiger partial charge in [-0.1, -0.05) is 25.3 Å². The van der Waals surface area contributed by atoms with Crippen molar-refractivity contribution in [3.05, 3.63) is 22.4 Å². The topological polar surface area (TPSA) is 111 Å². The van der Waals surface area contributed by atoms with E-state index >= 15 is 0 Å². The Morgan fingerprint density at radius 3 is 2.50 bits per heavy atom. The third-order valence-electron chi connectivity index (χ3n) is 4.87. The summed E-state index contributed by atoms with van der Waals surface area (Å²) in [5.74, 6) is -2.51. The number of carbonyl (C=O) groups is 4. The van der Waals surface area contributed by atoms with Gasteiger partial charge in [0, 0.05) is 24.0 Å². The predicted octanol–water partition coefficient (Wildman–Crippen LogP) is 1.31. The van der Waals surface area contributed by atoms with Crippen molar-refractivity contribution in [3.8, 4) is 0 Å². The number of thiophene rings is 1. The second kappa shape index (κ2) is 7.86. The number of urea groups is 1. The summed E-state index contributed by atoms with van der Waals surface area (Å²) in [6.07, 6.45) is 5.01. The van der Waals surface area contributed by atoms with Crippen LogP contribution in [0.3, 0.4) is 0 Å². The van der Waals surface area contributed by atoms with Gasteiger partial charge in [-0.3, -0.25) is 25.0 Å². The number of nitrogens with one attached hydrogen (secondary N) is 2. The summed E-state index contributed by atoms with van der Waals surface area (Å²) in [6, 6.07) is 1.46. The fourth-order valence-corrected chi connectivity index (χ4v) is 4.28. The average Bonchev–Trinajstić information content (AvgIpc) is 3.16. The van der Waals surface area contributed by atoms with Crippen LogP contribution in [0.2, 0.25) is 0 Å². The van der Waals surface area contributed by atoms with Crippen LogP contribution >= 0.6 is 11.3 Å². The van der Waals surface area contributed by atoms with Gasteiger partial charge in [0.1, 0.15) is 6.04 Å². The highest BCUT2D eigenvalue weighted by atomic mass is 32.1. The summed E-state index contributed by atoms with van der Waals surface area (Å²) in [6.45, 7) is 0.400. The maximum Gasteiger partial charge on any atom is 0.325 e. The van der Waals surface area contributed by atoms with Gasteiger partial charge in [-0.25, -0.2) is 4.79 Å². The molecular formula is C17H21N4O4S. The van der Waals surface area contributed by atoms with Gasteiger partial charge < -0.3 is 10.2 Å². The zero-order chi connectivity index (χ0) is 18.7. The summed E-state index contributed by atoms with van der Waals surface area (Å²) in [4.78, 5) is 51.8. The van der Waals surface area contributed by atoms with Gasteiger partial charge in [-0.2, -0.15) is 0 Å². The van der Waals surface area contributed by atoms with Crippen LogP contribution in [-0.2, 0) is 14.4 Å². The molecule has 1 saturated heterocycles. The van der Waals surface area contributed by atoms with Crippen molar-refractivity contribution in [1.29, 1.82) is 0 Å². The molecule has 1 aromatic heterocycles. The smallest absolute Gasteiger partial charge is 0.325 e.